The van der Waals surface area contributed by atoms with Crippen molar-refractivity contribution in [3.8, 4) is 5.75 Å². The van der Waals surface area contributed by atoms with Crippen LogP contribution in [0.1, 0.15) is 56.9 Å². The monoisotopic (exact) mass is 689 g/mol. The first-order chi connectivity index (χ1) is 23.4. The lowest BCUT2D eigenvalue weighted by atomic mass is 10.0. The molecule has 0 saturated carbocycles. The lowest BCUT2D eigenvalue weighted by Crippen LogP contribution is -2.59. The number of amides is 5. The molecule has 49 heavy (non-hydrogen) atoms. The van der Waals surface area contributed by atoms with E-state index in [1.54, 1.807) is 12.1 Å². The average Bonchev–Trinajstić information content (AvgIpc) is 3.77. The summed E-state index contributed by atoms with van der Waals surface area (Å²) in [7, 11) is 0. The number of carboxylic acid groups (broad SMARTS) is 1. The maximum absolute atomic E-state index is 13.7. The number of carboxylic acids is 1. The molecule has 17 heteroatoms. The molecule has 10 N–H and O–H groups in total. The summed E-state index contributed by atoms with van der Waals surface area (Å²) in [5, 5.41) is 36.0. The summed E-state index contributed by atoms with van der Waals surface area (Å²) in [6, 6.07) is -0.581. The maximum atomic E-state index is 13.7. The number of phenolic OH excluding ortho intramolecular Hbond substituents is 1. The molecule has 1 aromatic rings. The number of aliphatic hydroxyl groups is 1. The number of carbonyl (C=O) groups excluding carboxylic acids is 6. The van der Waals surface area contributed by atoms with Gasteiger partial charge in [0.1, 0.15) is 36.2 Å². The van der Waals surface area contributed by atoms with Gasteiger partial charge in [-0.3, -0.25) is 28.8 Å². The van der Waals surface area contributed by atoms with Gasteiger partial charge in [0, 0.05) is 13.1 Å². The molecule has 0 aliphatic carbocycles. The normalized spacial score (nSPS) is 19.7. The predicted octanol–water partition coefficient (Wildman–Crippen LogP) is -2.51. The number of likely N-dealkylation sites (tertiary alicyclic amines) is 2. The average molecular weight is 690 g/mol. The standard InChI is InChI=1S/C32H47N7O10/c33-12-2-1-5-23(32(49)39-14-4-6-25(39)29(46)35-20(17-40)16-27(43)44)36-28(45)24(18-41)37-30(47)26-7-3-13-38(26)31(48)22(34)15-19-8-10-21(42)11-9-19/h8-11,17,20,22-26,41-42H,1-7,12-16,18,33-34H2,(H,35,46)(H,36,45)(H,37,47)(H,43,44)/t20-,22-,23-,24-,25-,26-/m0/s1. The van der Waals surface area contributed by atoms with Crippen molar-refractivity contribution in [2.75, 3.05) is 26.2 Å². The van der Waals surface area contributed by atoms with E-state index in [-0.39, 0.29) is 38.1 Å². The number of aromatic hydroxyl groups is 1. The van der Waals surface area contributed by atoms with E-state index in [0.717, 1.165) is 5.56 Å². The zero-order valence-corrected chi connectivity index (χ0v) is 27.3. The van der Waals surface area contributed by atoms with Crippen LogP contribution in [-0.2, 0) is 40.0 Å². The van der Waals surface area contributed by atoms with E-state index in [4.69, 9.17) is 16.6 Å². The largest absolute Gasteiger partial charge is 0.508 e. The van der Waals surface area contributed by atoms with Crippen LogP contribution in [0.4, 0.5) is 0 Å². The van der Waals surface area contributed by atoms with E-state index in [1.807, 2.05) is 0 Å². The Morgan fingerprint density at radius 1 is 0.878 bits per heavy atom. The minimum absolute atomic E-state index is 0.0695. The number of unbranched alkanes of at least 4 members (excludes halogenated alkanes) is 1. The van der Waals surface area contributed by atoms with Gasteiger partial charge in [-0.05, 0) is 75.6 Å². The highest BCUT2D eigenvalue weighted by molar-refractivity contribution is 5.96. The Kier molecular flexibility index (Phi) is 14.9. The summed E-state index contributed by atoms with van der Waals surface area (Å²) in [6.45, 7) is -0.0493. The van der Waals surface area contributed by atoms with Crippen LogP contribution < -0.4 is 27.4 Å². The molecule has 5 amide bonds. The molecule has 2 heterocycles. The molecule has 6 atom stereocenters. The molecule has 0 unspecified atom stereocenters. The van der Waals surface area contributed by atoms with E-state index < -0.39 is 84.8 Å². The van der Waals surface area contributed by atoms with Gasteiger partial charge < -0.3 is 57.3 Å². The van der Waals surface area contributed by atoms with Gasteiger partial charge in [-0.15, -0.1) is 0 Å². The molecule has 2 aliphatic rings. The highest BCUT2D eigenvalue weighted by Gasteiger charge is 2.40. The van der Waals surface area contributed by atoms with E-state index in [1.165, 1.54) is 21.9 Å². The number of nitrogens with two attached hydrogens (primary N) is 2. The van der Waals surface area contributed by atoms with Gasteiger partial charge in [0.2, 0.25) is 29.5 Å². The van der Waals surface area contributed by atoms with Gasteiger partial charge in [-0.2, -0.15) is 0 Å². The quantitative estimate of drug-likeness (QED) is 0.0587. The number of phenols is 1. The first kappa shape index (κ1) is 38.8. The summed E-state index contributed by atoms with van der Waals surface area (Å²) in [4.78, 5) is 91.5. The van der Waals surface area contributed by atoms with Crippen LogP contribution in [0, 0.1) is 0 Å². The SMILES string of the molecule is NCCCC[C@H](NC(=O)[C@H](CO)NC(=O)[C@@H]1CCCN1C(=O)[C@@H](N)Cc1ccc(O)cc1)C(=O)N1CCC[C@H]1C(=O)N[C@H](C=O)CC(=O)O. The van der Waals surface area contributed by atoms with Gasteiger partial charge in [0.25, 0.3) is 0 Å². The number of aldehydes is 1. The number of nitrogens with one attached hydrogen (secondary N) is 3. The summed E-state index contributed by atoms with van der Waals surface area (Å²) in [5.41, 5.74) is 12.5. The summed E-state index contributed by atoms with van der Waals surface area (Å²) in [6.07, 6.45) is 2.47. The zero-order chi connectivity index (χ0) is 36.1. The van der Waals surface area contributed by atoms with Crippen molar-refractivity contribution in [2.45, 2.75) is 94.0 Å². The number of nitrogens with zero attached hydrogens (tertiary/aromatic N) is 2. The van der Waals surface area contributed by atoms with Gasteiger partial charge in [0.15, 0.2) is 0 Å². The highest BCUT2D eigenvalue weighted by Crippen LogP contribution is 2.22. The maximum Gasteiger partial charge on any atom is 0.305 e. The van der Waals surface area contributed by atoms with Gasteiger partial charge >= 0.3 is 5.97 Å². The molecule has 2 saturated heterocycles. The minimum Gasteiger partial charge on any atom is -0.508 e. The molecule has 0 spiro atoms. The van der Waals surface area contributed by atoms with Gasteiger partial charge in [-0.25, -0.2) is 0 Å². The van der Waals surface area contributed by atoms with Crippen LogP contribution in [0.3, 0.4) is 0 Å². The van der Waals surface area contributed by atoms with E-state index >= 15 is 0 Å². The molecule has 1 aromatic carbocycles. The van der Waals surface area contributed by atoms with Crippen molar-refractivity contribution in [1.82, 2.24) is 25.8 Å². The Bertz CT molecular complexity index is 1340. The highest BCUT2D eigenvalue weighted by atomic mass is 16.4. The Balaban J connectivity index is 1.66. The summed E-state index contributed by atoms with van der Waals surface area (Å²) < 4.78 is 0. The molecule has 2 fully saturated rings. The second kappa shape index (κ2) is 18.8. The molecule has 0 bridgehead atoms. The van der Waals surface area contributed by atoms with Crippen LogP contribution in [0.2, 0.25) is 0 Å². The van der Waals surface area contributed by atoms with Gasteiger partial charge in [-0.1, -0.05) is 12.1 Å². The third-order valence-corrected chi connectivity index (χ3v) is 8.65. The Morgan fingerprint density at radius 3 is 2.02 bits per heavy atom. The summed E-state index contributed by atoms with van der Waals surface area (Å²) >= 11 is 0. The fourth-order valence-electron chi connectivity index (χ4n) is 6.08. The fourth-order valence-corrected chi connectivity index (χ4v) is 6.08. The van der Waals surface area contributed by atoms with E-state index in [9.17, 15) is 43.8 Å². The van der Waals surface area contributed by atoms with Crippen molar-refractivity contribution < 1.29 is 48.9 Å². The predicted molar refractivity (Wildman–Crippen MR) is 173 cm³/mol. The van der Waals surface area contributed by atoms with Crippen LogP contribution in [0.25, 0.3) is 0 Å². The number of carbonyl (C=O) groups is 7. The second-order valence-corrected chi connectivity index (χ2v) is 12.3. The van der Waals surface area contributed by atoms with Crippen LogP contribution in [0.5, 0.6) is 5.75 Å². The first-order valence-corrected chi connectivity index (χ1v) is 16.4. The van der Waals surface area contributed by atoms with Crippen LogP contribution >= 0.6 is 0 Å². The third kappa shape index (κ3) is 11.0. The lowest BCUT2D eigenvalue weighted by Gasteiger charge is -2.31. The third-order valence-electron chi connectivity index (χ3n) is 8.65. The topological polar surface area (TPSA) is 275 Å². The zero-order valence-electron chi connectivity index (χ0n) is 27.3. The minimum atomic E-state index is -1.47. The molecule has 2 aliphatic heterocycles. The molecule has 0 radical (unpaired) electrons. The molecule has 17 nitrogen and oxygen atoms in total. The van der Waals surface area contributed by atoms with Crippen molar-refractivity contribution in [1.29, 1.82) is 0 Å². The molecular formula is C32H47N7O10. The molecule has 270 valence electrons. The number of rotatable bonds is 18. The molecule has 3 rings (SSSR count). The van der Waals surface area contributed by atoms with E-state index in [0.29, 0.717) is 44.9 Å². The number of aliphatic hydroxyl groups excluding tert-OH is 1. The van der Waals surface area contributed by atoms with Crippen LogP contribution in [0.15, 0.2) is 24.3 Å². The fraction of sp³-hybridized carbons (Fsp3) is 0.594. The summed E-state index contributed by atoms with van der Waals surface area (Å²) in [5.74, 6) is -4.51. The van der Waals surface area contributed by atoms with Crippen molar-refractivity contribution >= 4 is 41.8 Å². The first-order valence-electron chi connectivity index (χ1n) is 16.4. The smallest absolute Gasteiger partial charge is 0.305 e. The Hall–Kier alpha value is -4.61. The molecule has 0 aromatic heterocycles. The van der Waals surface area contributed by atoms with Crippen LogP contribution in [-0.4, -0.2) is 129 Å². The number of benzene rings is 1. The van der Waals surface area contributed by atoms with Crippen molar-refractivity contribution in [3.05, 3.63) is 29.8 Å². The number of hydrogen-bond acceptors (Lipinski definition) is 11. The van der Waals surface area contributed by atoms with Gasteiger partial charge in [0.05, 0.1) is 25.1 Å². The number of aliphatic carboxylic acids is 1. The Labute approximate surface area is 283 Å². The number of hydrogen-bond donors (Lipinski definition) is 8. The molecular weight excluding hydrogens is 642 g/mol. The Morgan fingerprint density at radius 2 is 1.47 bits per heavy atom. The lowest BCUT2D eigenvalue weighted by molar-refractivity contribution is -0.143. The van der Waals surface area contributed by atoms with Crippen molar-refractivity contribution in [3.63, 3.8) is 0 Å². The van der Waals surface area contributed by atoms with E-state index in [2.05, 4.69) is 16.0 Å². The van der Waals surface area contributed by atoms with Crippen molar-refractivity contribution in [2.24, 2.45) is 11.5 Å². The second-order valence-electron chi connectivity index (χ2n) is 12.3.